The Kier molecular flexibility index (Phi) is 10.0. The fourth-order valence-electron chi connectivity index (χ4n) is 2.73. The second kappa shape index (κ2) is 12.3. The Balaban J connectivity index is 2.04. The normalized spacial score (nSPS) is 11.7. The molecule has 0 heterocycles. The Morgan fingerprint density at radius 2 is 1.90 bits per heavy atom. The number of rotatable bonds is 10. The Bertz CT molecular complexity index is 817. The summed E-state index contributed by atoms with van der Waals surface area (Å²) < 4.78 is 0.947. The average Bonchev–Trinajstić information content (AvgIpc) is 2.71. The Labute approximate surface area is 190 Å². The molecule has 0 bridgehead atoms. The van der Waals surface area contributed by atoms with Crippen LogP contribution in [0.4, 0.5) is 0 Å². The molecule has 29 heavy (non-hydrogen) atoms. The van der Waals surface area contributed by atoms with Gasteiger partial charge in [-0.25, -0.2) is 0 Å². The van der Waals surface area contributed by atoms with E-state index in [1.807, 2.05) is 55.5 Å². The molecule has 0 fully saturated rings. The van der Waals surface area contributed by atoms with Gasteiger partial charge in [0.15, 0.2) is 0 Å². The van der Waals surface area contributed by atoms with E-state index in [1.165, 1.54) is 11.8 Å². The summed E-state index contributed by atoms with van der Waals surface area (Å²) >= 11 is 10.9. The predicted molar refractivity (Wildman–Crippen MR) is 125 cm³/mol. The first kappa shape index (κ1) is 23.8. The molecular weight excluding hydrogens is 472 g/mol. The van der Waals surface area contributed by atoms with E-state index in [2.05, 4.69) is 21.2 Å². The van der Waals surface area contributed by atoms with E-state index in [-0.39, 0.29) is 11.8 Å². The number of thioether (sulfide) groups is 1. The zero-order valence-electron chi connectivity index (χ0n) is 16.7. The summed E-state index contributed by atoms with van der Waals surface area (Å²) in [7, 11) is 0. The van der Waals surface area contributed by atoms with Crippen LogP contribution in [0.15, 0.2) is 53.0 Å². The summed E-state index contributed by atoms with van der Waals surface area (Å²) in [5.41, 5.74) is 2.09. The lowest BCUT2D eigenvalue weighted by atomic mass is 10.1. The van der Waals surface area contributed by atoms with Crippen molar-refractivity contribution in [1.82, 2.24) is 10.2 Å². The van der Waals surface area contributed by atoms with Crippen LogP contribution >= 0.6 is 39.3 Å². The molecule has 4 nitrogen and oxygen atoms in total. The Morgan fingerprint density at radius 3 is 2.55 bits per heavy atom. The monoisotopic (exact) mass is 496 g/mol. The van der Waals surface area contributed by atoms with Gasteiger partial charge >= 0.3 is 0 Å². The summed E-state index contributed by atoms with van der Waals surface area (Å²) in [6, 6.07) is 14.9. The van der Waals surface area contributed by atoms with Crippen LogP contribution in [0.1, 0.15) is 31.4 Å². The number of nitrogens with one attached hydrogen (secondary N) is 1. The zero-order valence-corrected chi connectivity index (χ0v) is 19.8. The van der Waals surface area contributed by atoms with Crippen LogP contribution in [0.5, 0.6) is 0 Å². The minimum Gasteiger partial charge on any atom is -0.354 e. The van der Waals surface area contributed by atoms with Gasteiger partial charge in [0.1, 0.15) is 6.04 Å². The SMILES string of the molecule is CCCNC(=O)[C@@H](C)N(Cc1cccc(Br)c1)C(=O)CSCc1ccc(Cl)cc1. The van der Waals surface area contributed by atoms with E-state index in [0.717, 1.165) is 22.0 Å². The smallest absolute Gasteiger partial charge is 0.242 e. The van der Waals surface area contributed by atoms with Crippen LogP contribution in [0.3, 0.4) is 0 Å². The van der Waals surface area contributed by atoms with E-state index < -0.39 is 6.04 Å². The summed E-state index contributed by atoms with van der Waals surface area (Å²) in [5, 5.41) is 3.59. The van der Waals surface area contributed by atoms with Crippen molar-refractivity contribution in [3.05, 3.63) is 69.2 Å². The molecule has 156 valence electrons. The number of halogens is 2. The first-order valence-electron chi connectivity index (χ1n) is 9.54. The van der Waals surface area contributed by atoms with Gasteiger partial charge in [-0.2, -0.15) is 0 Å². The molecule has 1 N–H and O–H groups in total. The first-order valence-corrected chi connectivity index (χ1v) is 11.9. The van der Waals surface area contributed by atoms with Gasteiger partial charge in [0.2, 0.25) is 11.8 Å². The maximum atomic E-state index is 13.0. The molecule has 0 saturated carbocycles. The number of hydrogen-bond donors (Lipinski definition) is 1. The number of carbonyl (C=O) groups excluding carboxylic acids is 2. The van der Waals surface area contributed by atoms with Crippen LogP contribution in [-0.4, -0.2) is 35.1 Å². The van der Waals surface area contributed by atoms with Crippen molar-refractivity contribution in [1.29, 1.82) is 0 Å². The third-order valence-corrected chi connectivity index (χ3v) is 6.10. The molecule has 0 saturated heterocycles. The molecule has 2 amide bonds. The molecule has 0 radical (unpaired) electrons. The van der Waals surface area contributed by atoms with Crippen molar-refractivity contribution in [3.8, 4) is 0 Å². The minimum absolute atomic E-state index is 0.0527. The van der Waals surface area contributed by atoms with Crippen molar-refractivity contribution in [3.63, 3.8) is 0 Å². The van der Waals surface area contributed by atoms with Gasteiger partial charge in [0.25, 0.3) is 0 Å². The predicted octanol–water partition coefficient (Wildman–Crippen LogP) is 5.28. The van der Waals surface area contributed by atoms with Crippen LogP contribution in [0, 0.1) is 0 Å². The summed E-state index contributed by atoms with van der Waals surface area (Å²) in [5.74, 6) is 0.840. The standard InChI is InChI=1S/C22H26BrClN2O2S/c1-3-11-25-22(28)16(2)26(13-18-5-4-6-19(23)12-18)21(27)15-29-14-17-7-9-20(24)10-8-17/h4-10,12,16H,3,11,13-15H2,1-2H3,(H,25,28)/t16-/m1/s1. The fraction of sp³-hybridized carbons (Fsp3) is 0.364. The Morgan fingerprint density at radius 1 is 1.17 bits per heavy atom. The van der Waals surface area contributed by atoms with Gasteiger partial charge in [0.05, 0.1) is 5.75 Å². The van der Waals surface area contributed by atoms with Crippen molar-refractivity contribution < 1.29 is 9.59 Å². The molecule has 0 unspecified atom stereocenters. The molecule has 0 aliphatic heterocycles. The minimum atomic E-state index is -0.538. The molecule has 1 atom stereocenters. The van der Waals surface area contributed by atoms with Gasteiger partial charge in [-0.15, -0.1) is 11.8 Å². The number of nitrogens with zero attached hydrogens (tertiary/aromatic N) is 1. The van der Waals surface area contributed by atoms with Crippen LogP contribution in [-0.2, 0) is 21.9 Å². The van der Waals surface area contributed by atoms with Gasteiger partial charge in [-0.1, -0.05) is 58.7 Å². The molecule has 0 spiro atoms. The summed E-state index contributed by atoms with van der Waals surface area (Å²) in [4.78, 5) is 27.1. The molecule has 0 aromatic heterocycles. The molecular formula is C22H26BrClN2O2S. The highest BCUT2D eigenvalue weighted by atomic mass is 79.9. The lowest BCUT2D eigenvalue weighted by Gasteiger charge is -2.29. The number of carbonyl (C=O) groups is 2. The second-order valence-corrected chi connectivity index (χ2v) is 9.08. The quantitative estimate of drug-likeness (QED) is 0.486. The van der Waals surface area contributed by atoms with Gasteiger partial charge in [0, 0.05) is 28.3 Å². The topological polar surface area (TPSA) is 49.4 Å². The van der Waals surface area contributed by atoms with E-state index in [1.54, 1.807) is 11.8 Å². The number of amides is 2. The first-order chi connectivity index (χ1) is 13.9. The highest BCUT2D eigenvalue weighted by Crippen LogP contribution is 2.19. The second-order valence-electron chi connectivity index (χ2n) is 6.74. The molecule has 2 aromatic rings. The van der Waals surface area contributed by atoms with E-state index in [9.17, 15) is 9.59 Å². The molecule has 7 heteroatoms. The van der Waals surface area contributed by atoms with Crippen molar-refractivity contribution >= 4 is 51.1 Å². The van der Waals surface area contributed by atoms with Gasteiger partial charge < -0.3 is 10.2 Å². The van der Waals surface area contributed by atoms with Gasteiger partial charge in [-0.05, 0) is 48.7 Å². The molecule has 0 aliphatic rings. The summed E-state index contributed by atoms with van der Waals surface area (Å²) in [6.07, 6.45) is 0.856. The van der Waals surface area contributed by atoms with E-state index in [0.29, 0.717) is 29.6 Å². The van der Waals surface area contributed by atoms with Crippen LogP contribution in [0.25, 0.3) is 0 Å². The maximum absolute atomic E-state index is 13.0. The van der Waals surface area contributed by atoms with Crippen LogP contribution in [0.2, 0.25) is 5.02 Å². The van der Waals surface area contributed by atoms with Crippen LogP contribution < -0.4 is 5.32 Å². The molecule has 2 aromatic carbocycles. The van der Waals surface area contributed by atoms with Crippen molar-refractivity contribution in [2.24, 2.45) is 0 Å². The number of benzene rings is 2. The lowest BCUT2D eigenvalue weighted by molar-refractivity contribution is -0.138. The Hall–Kier alpha value is -1.50. The van der Waals surface area contributed by atoms with E-state index in [4.69, 9.17) is 11.6 Å². The third-order valence-electron chi connectivity index (χ3n) is 4.37. The van der Waals surface area contributed by atoms with Gasteiger partial charge in [-0.3, -0.25) is 9.59 Å². The fourth-order valence-corrected chi connectivity index (χ4v) is 4.17. The largest absolute Gasteiger partial charge is 0.354 e. The zero-order chi connectivity index (χ0) is 21.2. The third kappa shape index (κ3) is 8.03. The molecule has 0 aliphatic carbocycles. The number of hydrogen-bond acceptors (Lipinski definition) is 3. The molecule has 2 rings (SSSR count). The van der Waals surface area contributed by atoms with E-state index >= 15 is 0 Å². The maximum Gasteiger partial charge on any atom is 0.242 e. The van der Waals surface area contributed by atoms with Crippen molar-refractivity contribution in [2.75, 3.05) is 12.3 Å². The van der Waals surface area contributed by atoms with Crippen molar-refractivity contribution in [2.45, 2.75) is 38.6 Å². The lowest BCUT2D eigenvalue weighted by Crippen LogP contribution is -2.48. The highest BCUT2D eigenvalue weighted by Gasteiger charge is 2.25. The summed E-state index contributed by atoms with van der Waals surface area (Å²) in [6.45, 7) is 4.78. The highest BCUT2D eigenvalue weighted by molar-refractivity contribution is 9.10. The average molecular weight is 498 g/mol.